The summed E-state index contributed by atoms with van der Waals surface area (Å²) >= 11 is 1.63. The first kappa shape index (κ1) is 12.8. The third-order valence-corrected chi connectivity index (χ3v) is 4.97. The number of hydrogen-bond acceptors (Lipinski definition) is 5. The third kappa shape index (κ3) is 2.01. The molecule has 4 heterocycles. The SMILES string of the molecule is Cc1cnc(N2CCC3C2CC(=O)N3c2ccsc2)nc1. The number of carbonyl (C=O) groups excluding carboxylic acids is 1. The topological polar surface area (TPSA) is 49.3 Å². The van der Waals surface area contributed by atoms with Gasteiger partial charge in [0.2, 0.25) is 11.9 Å². The van der Waals surface area contributed by atoms with Gasteiger partial charge in [-0.2, -0.15) is 11.3 Å². The molecule has 0 aromatic carbocycles. The minimum absolute atomic E-state index is 0.195. The van der Waals surface area contributed by atoms with Gasteiger partial charge in [0.15, 0.2) is 0 Å². The molecule has 0 saturated carbocycles. The summed E-state index contributed by atoms with van der Waals surface area (Å²) in [6, 6.07) is 2.47. The van der Waals surface area contributed by atoms with Gasteiger partial charge in [0.25, 0.3) is 0 Å². The second kappa shape index (κ2) is 4.80. The molecule has 2 aromatic heterocycles. The number of amides is 1. The van der Waals surface area contributed by atoms with Crippen molar-refractivity contribution in [3.8, 4) is 0 Å². The molecule has 5 nitrogen and oxygen atoms in total. The molecule has 2 unspecified atom stereocenters. The fourth-order valence-electron chi connectivity index (χ4n) is 3.36. The minimum atomic E-state index is 0.195. The van der Waals surface area contributed by atoms with E-state index in [-0.39, 0.29) is 18.0 Å². The molecular formula is C15H16N4OS. The maximum Gasteiger partial charge on any atom is 0.229 e. The van der Waals surface area contributed by atoms with E-state index in [0.717, 1.165) is 30.2 Å². The largest absolute Gasteiger partial charge is 0.335 e. The van der Waals surface area contributed by atoms with E-state index in [1.165, 1.54) is 0 Å². The molecule has 0 radical (unpaired) electrons. The Morgan fingerprint density at radius 1 is 1.29 bits per heavy atom. The fourth-order valence-corrected chi connectivity index (χ4v) is 3.99. The van der Waals surface area contributed by atoms with Crippen LogP contribution in [0.25, 0.3) is 0 Å². The standard InChI is InChI=1S/C15H16N4OS/c1-10-7-16-15(17-8-10)18-4-2-12-13(18)6-14(20)19(12)11-3-5-21-9-11/h3,5,7-9,12-13H,2,4,6H2,1H3. The summed E-state index contributed by atoms with van der Waals surface area (Å²) in [6.45, 7) is 2.89. The van der Waals surface area contributed by atoms with Crippen LogP contribution in [0.4, 0.5) is 11.6 Å². The van der Waals surface area contributed by atoms with Crippen molar-refractivity contribution in [2.24, 2.45) is 0 Å². The van der Waals surface area contributed by atoms with E-state index in [1.54, 1.807) is 11.3 Å². The van der Waals surface area contributed by atoms with Gasteiger partial charge in [0.05, 0.1) is 17.8 Å². The first-order valence-electron chi connectivity index (χ1n) is 7.13. The number of hydrogen-bond donors (Lipinski definition) is 0. The molecule has 2 aromatic rings. The Hall–Kier alpha value is -1.95. The van der Waals surface area contributed by atoms with Crippen LogP contribution < -0.4 is 9.80 Å². The van der Waals surface area contributed by atoms with Gasteiger partial charge in [0.1, 0.15) is 0 Å². The van der Waals surface area contributed by atoms with Crippen molar-refractivity contribution in [1.82, 2.24) is 9.97 Å². The highest BCUT2D eigenvalue weighted by molar-refractivity contribution is 7.08. The molecule has 6 heteroatoms. The summed E-state index contributed by atoms with van der Waals surface area (Å²) in [6.07, 6.45) is 5.20. The first-order chi connectivity index (χ1) is 10.2. The van der Waals surface area contributed by atoms with Crippen LogP contribution in [0, 0.1) is 6.92 Å². The van der Waals surface area contributed by atoms with E-state index in [4.69, 9.17) is 0 Å². The number of nitrogens with zero attached hydrogens (tertiary/aromatic N) is 4. The number of anilines is 2. The van der Waals surface area contributed by atoms with Crippen LogP contribution in [0.1, 0.15) is 18.4 Å². The Labute approximate surface area is 127 Å². The van der Waals surface area contributed by atoms with Crippen molar-refractivity contribution in [2.75, 3.05) is 16.3 Å². The summed E-state index contributed by atoms with van der Waals surface area (Å²) in [5, 5.41) is 4.07. The van der Waals surface area contributed by atoms with Crippen molar-refractivity contribution in [1.29, 1.82) is 0 Å². The molecule has 0 N–H and O–H groups in total. The average Bonchev–Trinajstić information content (AvgIpc) is 3.16. The zero-order chi connectivity index (χ0) is 14.4. The van der Waals surface area contributed by atoms with Crippen LogP contribution in [0.3, 0.4) is 0 Å². The second-order valence-corrected chi connectivity index (χ2v) is 6.41. The summed E-state index contributed by atoms with van der Waals surface area (Å²) in [5.74, 6) is 0.952. The Kier molecular flexibility index (Phi) is 2.92. The smallest absolute Gasteiger partial charge is 0.229 e. The number of carbonyl (C=O) groups is 1. The minimum Gasteiger partial charge on any atom is -0.335 e. The van der Waals surface area contributed by atoms with E-state index < -0.39 is 0 Å². The molecule has 2 aliphatic rings. The maximum atomic E-state index is 12.4. The van der Waals surface area contributed by atoms with Crippen LogP contribution in [-0.2, 0) is 4.79 Å². The molecule has 2 fully saturated rings. The van der Waals surface area contributed by atoms with Crippen LogP contribution >= 0.6 is 11.3 Å². The molecule has 4 rings (SSSR count). The molecule has 0 bridgehead atoms. The fraction of sp³-hybridized carbons (Fsp3) is 0.400. The highest BCUT2D eigenvalue weighted by Gasteiger charge is 2.48. The molecule has 0 aliphatic carbocycles. The highest BCUT2D eigenvalue weighted by Crippen LogP contribution is 2.37. The maximum absolute atomic E-state index is 12.4. The van der Waals surface area contributed by atoms with Crippen molar-refractivity contribution >= 4 is 28.9 Å². The normalized spacial score (nSPS) is 24.7. The molecular weight excluding hydrogens is 284 g/mol. The Bertz CT molecular complexity index is 655. The molecule has 1 amide bonds. The molecule has 0 spiro atoms. The zero-order valence-corrected chi connectivity index (χ0v) is 12.6. The van der Waals surface area contributed by atoms with Crippen LogP contribution in [0.5, 0.6) is 0 Å². The molecule has 2 saturated heterocycles. The Morgan fingerprint density at radius 2 is 2.10 bits per heavy atom. The van der Waals surface area contributed by atoms with Gasteiger partial charge in [-0.3, -0.25) is 4.79 Å². The van der Waals surface area contributed by atoms with Gasteiger partial charge in [0, 0.05) is 30.7 Å². The van der Waals surface area contributed by atoms with Gasteiger partial charge < -0.3 is 9.80 Å². The monoisotopic (exact) mass is 300 g/mol. The van der Waals surface area contributed by atoms with Gasteiger partial charge in [-0.1, -0.05) is 0 Å². The molecule has 21 heavy (non-hydrogen) atoms. The van der Waals surface area contributed by atoms with Gasteiger partial charge in [-0.25, -0.2) is 9.97 Å². The number of thiophene rings is 1. The molecule has 108 valence electrons. The van der Waals surface area contributed by atoms with Gasteiger partial charge >= 0.3 is 0 Å². The Balaban J connectivity index is 1.63. The number of rotatable bonds is 2. The summed E-state index contributed by atoms with van der Waals surface area (Å²) < 4.78 is 0. The summed E-state index contributed by atoms with van der Waals surface area (Å²) in [7, 11) is 0. The van der Waals surface area contributed by atoms with Crippen molar-refractivity contribution in [2.45, 2.75) is 31.8 Å². The lowest BCUT2D eigenvalue weighted by Crippen LogP contribution is -2.37. The number of aromatic nitrogens is 2. The van der Waals surface area contributed by atoms with Crippen molar-refractivity contribution in [3.63, 3.8) is 0 Å². The summed E-state index contributed by atoms with van der Waals surface area (Å²) in [5.41, 5.74) is 2.08. The second-order valence-electron chi connectivity index (χ2n) is 5.63. The summed E-state index contributed by atoms with van der Waals surface area (Å²) in [4.78, 5) is 25.4. The van der Waals surface area contributed by atoms with Crippen molar-refractivity contribution in [3.05, 3.63) is 34.8 Å². The average molecular weight is 300 g/mol. The molecule has 2 aliphatic heterocycles. The van der Waals surface area contributed by atoms with Crippen LogP contribution in [0.15, 0.2) is 29.2 Å². The Morgan fingerprint density at radius 3 is 2.81 bits per heavy atom. The van der Waals surface area contributed by atoms with E-state index >= 15 is 0 Å². The van der Waals surface area contributed by atoms with E-state index in [1.807, 2.05) is 41.0 Å². The van der Waals surface area contributed by atoms with E-state index in [2.05, 4.69) is 14.9 Å². The van der Waals surface area contributed by atoms with Gasteiger partial charge in [-0.15, -0.1) is 0 Å². The lowest BCUT2D eigenvalue weighted by molar-refractivity contribution is -0.117. The highest BCUT2D eigenvalue weighted by atomic mass is 32.1. The van der Waals surface area contributed by atoms with E-state index in [0.29, 0.717) is 6.42 Å². The predicted molar refractivity (Wildman–Crippen MR) is 82.7 cm³/mol. The third-order valence-electron chi connectivity index (χ3n) is 4.30. The zero-order valence-electron chi connectivity index (χ0n) is 11.8. The van der Waals surface area contributed by atoms with E-state index in [9.17, 15) is 4.79 Å². The van der Waals surface area contributed by atoms with Crippen LogP contribution in [0.2, 0.25) is 0 Å². The number of aryl methyl sites for hydroxylation is 1. The lowest BCUT2D eigenvalue weighted by atomic mass is 10.1. The van der Waals surface area contributed by atoms with Gasteiger partial charge in [-0.05, 0) is 30.4 Å². The van der Waals surface area contributed by atoms with Crippen LogP contribution in [-0.4, -0.2) is 34.5 Å². The number of fused-ring (bicyclic) bond motifs is 1. The molecule has 2 atom stereocenters. The first-order valence-corrected chi connectivity index (χ1v) is 8.08. The quantitative estimate of drug-likeness (QED) is 0.853. The van der Waals surface area contributed by atoms with Crippen molar-refractivity contribution < 1.29 is 4.79 Å². The lowest BCUT2D eigenvalue weighted by Gasteiger charge is -2.24. The predicted octanol–water partition coefficient (Wildman–Crippen LogP) is 2.23.